The number of nitrogens with one attached hydrogen (secondary N) is 1. The van der Waals surface area contributed by atoms with Gasteiger partial charge >= 0.3 is 0 Å². The standard InChI is InChI=1S/C7H16N2O2/c1-9-5-3-2-4-7(8)11-6-10/h6-7,9H,2-5,8H2,1H3. The molecule has 1 atom stereocenters. The Morgan fingerprint density at radius 2 is 2.36 bits per heavy atom. The predicted octanol–water partition coefficient (Wildman–Crippen LogP) is -0.166. The molecule has 0 aromatic heterocycles. The molecule has 0 aromatic carbocycles. The first-order valence-corrected chi connectivity index (χ1v) is 3.80. The van der Waals surface area contributed by atoms with Gasteiger partial charge < -0.3 is 10.1 Å². The highest BCUT2D eigenvalue weighted by Gasteiger charge is 1.99. The number of rotatable bonds is 7. The largest absolute Gasteiger partial charge is 0.449 e. The van der Waals surface area contributed by atoms with Gasteiger partial charge in [-0.2, -0.15) is 0 Å². The van der Waals surface area contributed by atoms with E-state index in [2.05, 4.69) is 10.1 Å². The molecule has 4 nitrogen and oxygen atoms in total. The van der Waals surface area contributed by atoms with Gasteiger partial charge in [-0.05, 0) is 32.9 Å². The van der Waals surface area contributed by atoms with E-state index in [1.165, 1.54) is 0 Å². The lowest BCUT2D eigenvalue weighted by atomic mass is 10.2. The number of unbranched alkanes of at least 4 members (excludes halogenated alkanes) is 1. The molecule has 0 bridgehead atoms. The summed E-state index contributed by atoms with van der Waals surface area (Å²) in [6.07, 6.45) is 2.35. The van der Waals surface area contributed by atoms with Gasteiger partial charge in [-0.3, -0.25) is 10.5 Å². The van der Waals surface area contributed by atoms with E-state index >= 15 is 0 Å². The molecule has 0 aromatic rings. The molecule has 0 heterocycles. The monoisotopic (exact) mass is 160 g/mol. The maximum atomic E-state index is 9.79. The van der Waals surface area contributed by atoms with Crippen LogP contribution in [0, 0.1) is 0 Å². The van der Waals surface area contributed by atoms with E-state index in [4.69, 9.17) is 5.73 Å². The molecule has 0 aliphatic rings. The molecule has 11 heavy (non-hydrogen) atoms. The molecule has 0 saturated heterocycles. The Balaban J connectivity index is 3.03. The summed E-state index contributed by atoms with van der Waals surface area (Å²) in [5, 5.41) is 3.02. The Morgan fingerprint density at radius 3 is 2.91 bits per heavy atom. The van der Waals surface area contributed by atoms with Gasteiger partial charge in [0.15, 0.2) is 6.23 Å². The zero-order chi connectivity index (χ0) is 8.53. The molecular weight excluding hydrogens is 144 g/mol. The Hall–Kier alpha value is -0.610. The topological polar surface area (TPSA) is 64.3 Å². The van der Waals surface area contributed by atoms with Crippen molar-refractivity contribution in [1.82, 2.24) is 5.32 Å². The highest BCUT2D eigenvalue weighted by Crippen LogP contribution is 1.97. The third-order valence-electron chi connectivity index (χ3n) is 1.40. The molecular formula is C7H16N2O2. The highest BCUT2D eigenvalue weighted by molar-refractivity contribution is 5.37. The fraction of sp³-hybridized carbons (Fsp3) is 0.857. The summed E-state index contributed by atoms with van der Waals surface area (Å²) in [7, 11) is 1.90. The summed E-state index contributed by atoms with van der Waals surface area (Å²) in [5.74, 6) is 0. The van der Waals surface area contributed by atoms with E-state index < -0.39 is 6.23 Å². The van der Waals surface area contributed by atoms with Crippen molar-refractivity contribution in [3.05, 3.63) is 0 Å². The maximum Gasteiger partial charge on any atom is 0.294 e. The Labute approximate surface area is 67.1 Å². The van der Waals surface area contributed by atoms with Crippen LogP contribution >= 0.6 is 0 Å². The third-order valence-corrected chi connectivity index (χ3v) is 1.40. The van der Waals surface area contributed by atoms with E-state index in [0.29, 0.717) is 6.47 Å². The minimum atomic E-state index is -0.427. The maximum absolute atomic E-state index is 9.79. The van der Waals surface area contributed by atoms with Gasteiger partial charge in [0.1, 0.15) is 0 Å². The van der Waals surface area contributed by atoms with Gasteiger partial charge in [0.25, 0.3) is 6.47 Å². The smallest absolute Gasteiger partial charge is 0.294 e. The van der Waals surface area contributed by atoms with E-state index in [1.807, 2.05) is 7.05 Å². The zero-order valence-electron chi connectivity index (χ0n) is 6.88. The fourth-order valence-corrected chi connectivity index (χ4v) is 0.787. The van der Waals surface area contributed by atoms with E-state index in [-0.39, 0.29) is 0 Å². The third kappa shape index (κ3) is 7.29. The molecule has 4 heteroatoms. The summed E-state index contributed by atoms with van der Waals surface area (Å²) in [6, 6.07) is 0. The van der Waals surface area contributed by atoms with Crippen molar-refractivity contribution >= 4 is 6.47 Å². The van der Waals surface area contributed by atoms with Crippen LogP contribution in [0.25, 0.3) is 0 Å². The zero-order valence-corrected chi connectivity index (χ0v) is 6.88. The van der Waals surface area contributed by atoms with Gasteiger partial charge in [-0.1, -0.05) is 0 Å². The fourth-order valence-electron chi connectivity index (χ4n) is 0.787. The molecule has 0 spiro atoms. The summed E-state index contributed by atoms with van der Waals surface area (Å²) >= 11 is 0. The van der Waals surface area contributed by atoms with Crippen LogP contribution in [0.1, 0.15) is 19.3 Å². The SMILES string of the molecule is CNCCCCC(N)OC=O. The van der Waals surface area contributed by atoms with Gasteiger partial charge in [-0.25, -0.2) is 0 Å². The van der Waals surface area contributed by atoms with Crippen LogP contribution in [0.5, 0.6) is 0 Å². The van der Waals surface area contributed by atoms with Gasteiger partial charge in [-0.15, -0.1) is 0 Å². The lowest BCUT2D eigenvalue weighted by Crippen LogP contribution is -2.23. The lowest BCUT2D eigenvalue weighted by molar-refractivity contribution is -0.133. The molecule has 0 amide bonds. The molecule has 66 valence electrons. The number of carbonyl (C=O) groups excluding carboxylic acids is 1. The summed E-state index contributed by atoms with van der Waals surface area (Å²) < 4.78 is 4.50. The molecule has 0 aliphatic heterocycles. The van der Waals surface area contributed by atoms with Crippen LogP contribution in [0.4, 0.5) is 0 Å². The summed E-state index contributed by atoms with van der Waals surface area (Å²) in [5.41, 5.74) is 5.39. The molecule has 0 saturated carbocycles. The second-order valence-corrected chi connectivity index (χ2v) is 2.37. The van der Waals surface area contributed by atoms with Crippen LogP contribution in [0.15, 0.2) is 0 Å². The van der Waals surface area contributed by atoms with Gasteiger partial charge in [0, 0.05) is 0 Å². The molecule has 0 radical (unpaired) electrons. The first kappa shape index (κ1) is 10.4. The lowest BCUT2D eigenvalue weighted by Gasteiger charge is -2.07. The Kier molecular flexibility index (Phi) is 7.08. The van der Waals surface area contributed by atoms with E-state index in [0.717, 1.165) is 25.8 Å². The van der Waals surface area contributed by atoms with Crippen LogP contribution in [0.3, 0.4) is 0 Å². The number of ether oxygens (including phenoxy) is 1. The molecule has 0 fully saturated rings. The number of hydrogen-bond acceptors (Lipinski definition) is 4. The average Bonchev–Trinajstić information content (AvgIpc) is 1.99. The minimum Gasteiger partial charge on any atom is -0.449 e. The van der Waals surface area contributed by atoms with Crippen molar-refractivity contribution in [3.8, 4) is 0 Å². The summed E-state index contributed by atoms with van der Waals surface area (Å²) in [4.78, 5) is 9.79. The number of hydrogen-bond donors (Lipinski definition) is 2. The van der Waals surface area contributed by atoms with E-state index in [1.54, 1.807) is 0 Å². The Bertz CT molecular complexity index is 98.4. The van der Waals surface area contributed by atoms with Crippen LogP contribution in [0.2, 0.25) is 0 Å². The van der Waals surface area contributed by atoms with Crippen molar-refractivity contribution in [2.75, 3.05) is 13.6 Å². The minimum absolute atomic E-state index is 0.392. The van der Waals surface area contributed by atoms with Crippen molar-refractivity contribution in [3.63, 3.8) is 0 Å². The first-order valence-electron chi connectivity index (χ1n) is 3.80. The van der Waals surface area contributed by atoms with E-state index in [9.17, 15) is 4.79 Å². The Morgan fingerprint density at radius 1 is 1.64 bits per heavy atom. The predicted molar refractivity (Wildman–Crippen MR) is 42.9 cm³/mol. The number of carbonyl (C=O) groups is 1. The van der Waals surface area contributed by atoms with Crippen LogP contribution in [-0.2, 0) is 9.53 Å². The van der Waals surface area contributed by atoms with Crippen LogP contribution < -0.4 is 11.1 Å². The number of nitrogens with two attached hydrogens (primary N) is 1. The van der Waals surface area contributed by atoms with Gasteiger partial charge in [0.05, 0.1) is 0 Å². The quantitative estimate of drug-likeness (QED) is 0.308. The highest BCUT2D eigenvalue weighted by atomic mass is 16.5. The van der Waals surface area contributed by atoms with Crippen molar-refractivity contribution in [2.45, 2.75) is 25.5 Å². The van der Waals surface area contributed by atoms with Crippen molar-refractivity contribution in [1.29, 1.82) is 0 Å². The molecule has 1 unspecified atom stereocenters. The van der Waals surface area contributed by atoms with Crippen molar-refractivity contribution in [2.24, 2.45) is 5.73 Å². The molecule has 0 rings (SSSR count). The molecule has 0 aliphatic carbocycles. The second kappa shape index (κ2) is 7.50. The van der Waals surface area contributed by atoms with Crippen LogP contribution in [-0.4, -0.2) is 26.3 Å². The van der Waals surface area contributed by atoms with Gasteiger partial charge in [0.2, 0.25) is 0 Å². The summed E-state index contributed by atoms with van der Waals surface area (Å²) in [6.45, 7) is 1.37. The average molecular weight is 160 g/mol. The second-order valence-electron chi connectivity index (χ2n) is 2.37. The normalized spacial score (nSPS) is 12.5. The molecule has 3 N–H and O–H groups in total. The van der Waals surface area contributed by atoms with Crippen molar-refractivity contribution < 1.29 is 9.53 Å². The first-order chi connectivity index (χ1) is 5.31.